The van der Waals surface area contributed by atoms with E-state index in [0.29, 0.717) is 0 Å². The average Bonchev–Trinajstić information content (AvgIpc) is 1.67. The Kier molecular flexibility index (Phi) is 2.54. The lowest BCUT2D eigenvalue weighted by molar-refractivity contribution is 0.436. The van der Waals surface area contributed by atoms with Crippen LogP contribution in [-0.2, 0) is 0 Å². The first-order chi connectivity index (χ1) is 3.62. The van der Waals surface area contributed by atoms with Crippen molar-refractivity contribution < 1.29 is 0 Å². The molecule has 1 heteroatoms. The Morgan fingerprint density at radius 2 is 2.12 bits per heavy atom. The van der Waals surface area contributed by atoms with Gasteiger partial charge in [-0.15, -0.1) is 0 Å². The van der Waals surface area contributed by atoms with Crippen molar-refractivity contribution in [3.8, 4) is 6.07 Å². The van der Waals surface area contributed by atoms with Crippen LogP contribution >= 0.6 is 0 Å². The lowest BCUT2D eigenvalue weighted by Crippen LogP contribution is -2.08. The lowest BCUT2D eigenvalue weighted by atomic mass is 9.87. The normalized spacial score (nSPS) is 10.8. The van der Waals surface area contributed by atoms with Gasteiger partial charge in [0, 0.05) is 0 Å². The smallest absolute Gasteiger partial charge is 0.0677 e. The minimum absolute atomic E-state index is 0.106. The third kappa shape index (κ3) is 2.63. The van der Waals surface area contributed by atoms with E-state index in [9.17, 15) is 0 Å². The van der Waals surface area contributed by atoms with E-state index in [1.54, 1.807) is 6.42 Å². The second-order valence-electron chi connectivity index (χ2n) is 2.62. The van der Waals surface area contributed by atoms with Gasteiger partial charge in [0.05, 0.1) is 12.5 Å². The first kappa shape index (κ1) is 7.49. The molecule has 0 rings (SSSR count). The summed E-state index contributed by atoms with van der Waals surface area (Å²) in [6.07, 6.45) is 2.70. The van der Waals surface area contributed by atoms with Crippen LogP contribution in [0.3, 0.4) is 0 Å². The van der Waals surface area contributed by atoms with Gasteiger partial charge in [0.15, 0.2) is 0 Å². The maximum atomic E-state index is 8.23. The largest absolute Gasteiger partial charge is 0.198 e. The molecule has 0 aromatic heterocycles. The van der Waals surface area contributed by atoms with E-state index in [0.717, 1.165) is 6.42 Å². The van der Waals surface area contributed by atoms with E-state index in [2.05, 4.69) is 20.8 Å². The highest BCUT2D eigenvalue weighted by Gasteiger charge is 2.13. The van der Waals surface area contributed by atoms with Crippen molar-refractivity contribution in [3.05, 3.63) is 6.42 Å². The lowest BCUT2D eigenvalue weighted by Gasteiger charge is -2.16. The summed E-state index contributed by atoms with van der Waals surface area (Å²) in [5.41, 5.74) is 0.106. The second kappa shape index (κ2) is 2.71. The van der Waals surface area contributed by atoms with Gasteiger partial charge in [-0.2, -0.15) is 5.26 Å². The fraction of sp³-hybridized carbons (Fsp3) is 0.714. The predicted molar refractivity (Wildman–Crippen MR) is 34.0 cm³/mol. The topological polar surface area (TPSA) is 23.8 Å². The molecule has 0 aromatic rings. The van der Waals surface area contributed by atoms with Gasteiger partial charge in [-0.3, -0.25) is 0 Å². The van der Waals surface area contributed by atoms with Crippen molar-refractivity contribution in [3.63, 3.8) is 0 Å². The molecule has 45 valence electrons. The highest BCUT2D eigenvalue weighted by atomic mass is 14.3. The van der Waals surface area contributed by atoms with Crippen molar-refractivity contribution in [2.45, 2.75) is 27.2 Å². The van der Waals surface area contributed by atoms with Crippen LogP contribution in [0.4, 0.5) is 0 Å². The molecular formula is C7H12N. The third-order valence-corrected chi connectivity index (χ3v) is 1.37. The van der Waals surface area contributed by atoms with Crippen LogP contribution < -0.4 is 0 Å². The van der Waals surface area contributed by atoms with Gasteiger partial charge in [-0.05, 0) is 11.8 Å². The van der Waals surface area contributed by atoms with Crippen LogP contribution in [0, 0.1) is 23.2 Å². The van der Waals surface area contributed by atoms with Gasteiger partial charge in [0.25, 0.3) is 0 Å². The molecule has 0 saturated heterocycles. The molecule has 0 amide bonds. The Balaban J connectivity index is 3.58. The van der Waals surface area contributed by atoms with Gasteiger partial charge in [-0.25, -0.2) is 0 Å². The zero-order chi connectivity index (χ0) is 6.62. The molecule has 0 aliphatic rings. The summed E-state index contributed by atoms with van der Waals surface area (Å²) in [5, 5.41) is 8.23. The van der Waals surface area contributed by atoms with Gasteiger partial charge in [-0.1, -0.05) is 20.8 Å². The van der Waals surface area contributed by atoms with Gasteiger partial charge >= 0.3 is 0 Å². The number of hydrogen-bond donors (Lipinski definition) is 0. The molecule has 0 atom stereocenters. The summed E-state index contributed by atoms with van der Waals surface area (Å²) >= 11 is 0. The SMILES string of the molecule is CCC(C)(C)[CH]C#N. The van der Waals surface area contributed by atoms with Crippen molar-refractivity contribution >= 4 is 0 Å². The molecular weight excluding hydrogens is 98.1 g/mol. The summed E-state index contributed by atoms with van der Waals surface area (Å²) in [6.45, 7) is 6.18. The molecule has 0 saturated carbocycles. The van der Waals surface area contributed by atoms with Crippen LogP contribution in [0.1, 0.15) is 27.2 Å². The summed E-state index contributed by atoms with van der Waals surface area (Å²) in [5.74, 6) is 0. The molecule has 0 N–H and O–H groups in total. The van der Waals surface area contributed by atoms with Crippen LogP contribution in [0.15, 0.2) is 0 Å². The highest BCUT2D eigenvalue weighted by Crippen LogP contribution is 2.21. The first-order valence-corrected chi connectivity index (χ1v) is 2.86. The summed E-state index contributed by atoms with van der Waals surface area (Å²) in [6, 6.07) is 2.03. The molecule has 0 aliphatic heterocycles. The molecule has 0 bridgehead atoms. The molecule has 0 heterocycles. The molecule has 8 heavy (non-hydrogen) atoms. The van der Waals surface area contributed by atoms with Crippen LogP contribution in [0.2, 0.25) is 0 Å². The Bertz CT molecular complexity index is 97.4. The van der Waals surface area contributed by atoms with Gasteiger partial charge in [0.1, 0.15) is 0 Å². The van der Waals surface area contributed by atoms with E-state index < -0.39 is 0 Å². The van der Waals surface area contributed by atoms with Crippen LogP contribution in [0.5, 0.6) is 0 Å². The van der Waals surface area contributed by atoms with Crippen molar-refractivity contribution in [2.24, 2.45) is 5.41 Å². The minimum atomic E-state index is 0.106. The molecule has 0 aromatic carbocycles. The van der Waals surface area contributed by atoms with Crippen molar-refractivity contribution in [2.75, 3.05) is 0 Å². The van der Waals surface area contributed by atoms with Gasteiger partial charge < -0.3 is 0 Å². The number of nitrogens with zero attached hydrogens (tertiary/aromatic N) is 1. The summed E-state index contributed by atoms with van der Waals surface area (Å²) in [7, 11) is 0. The van der Waals surface area contributed by atoms with Gasteiger partial charge in [0.2, 0.25) is 0 Å². The van der Waals surface area contributed by atoms with Crippen LogP contribution in [0.25, 0.3) is 0 Å². The van der Waals surface area contributed by atoms with E-state index in [4.69, 9.17) is 5.26 Å². The average molecular weight is 110 g/mol. The van der Waals surface area contributed by atoms with E-state index >= 15 is 0 Å². The van der Waals surface area contributed by atoms with E-state index in [-0.39, 0.29) is 5.41 Å². The maximum Gasteiger partial charge on any atom is 0.0677 e. The first-order valence-electron chi connectivity index (χ1n) is 2.86. The Morgan fingerprint density at radius 1 is 1.62 bits per heavy atom. The number of nitriles is 1. The standard InChI is InChI=1S/C7H12N/c1-4-7(2,3)5-6-8/h5H,4H2,1-3H3. The Labute approximate surface area is 51.3 Å². The summed E-state index contributed by atoms with van der Waals surface area (Å²) in [4.78, 5) is 0. The second-order valence-corrected chi connectivity index (χ2v) is 2.62. The number of rotatable bonds is 2. The molecule has 0 spiro atoms. The molecule has 1 radical (unpaired) electrons. The number of hydrogen-bond acceptors (Lipinski definition) is 1. The van der Waals surface area contributed by atoms with Crippen molar-refractivity contribution in [1.82, 2.24) is 0 Å². The molecule has 0 unspecified atom stereocenters. The zero-order valence-electron chi connectivity index (χ0n) is 5.73. The van der Waals surface area contributed by atoms with Crippen LogP contribution in [-0.4, -0.2) is 0 Å². The minimum Gasteiger partial charge on any atom is -0.198 e. The third-order valence-electron chi connectivity index (χ3n) is 1.37. The van der Waals surface area contributed by atoms with Crippen molar-refractivity contribution in [1.29, 1.82) is 5.26 Å². The highest BCUT2D eigenvalue weighted by molar-refractivity contribution is 5.01. The maximum absolute atomic E-state index is 8.23. The van der Waals surface area contributed by atoms with E-state index in [1.165, 1.54) is 0 Å². The molecule has 1 nitrogen and oxygen atoms in total. The molecule has 0 aliphatic carbocycles. The Hall–Kier alpha value is -0.510. The fourth-order valence-electron chi connectivity index (χ4n) is 0.277. The summed E-state index contributed by atoms with van der Waals surface area (Å²) < 4.78 is 0. The Morgan fingerprint density at radius 3 is 2.25 bits per heavy atom. The monoisotopic (exact) mass is 110 g/mol. The predicted octanol–water partition coefficient (Wildman–Crippen LogP) is 2.15. The fourth-order valence-corrected chi connectivity index (χ4v) is 0.277. The van der Waals surface area contributed by atoms with E-state index in [1.807, 2.05) is 6.07 Å². The zero-order valence-corrected chi connectivity index (χ0v) is 5.73. The quantitative estimate of drug-likeness (QED) is 0.534. The molecule has 0 fully saturated rings.